The Kier molecular flexibility index (Phi) is 8.20. The van der Waals surface area contributed by atoms with E-state index < -0.39 is 0 Å². The fourth-order valence-electron chi connectivity index (χ4n) is 1.87. The Morgan fingerprint density at radius 2 is 1.86 bits per heavy atom. The van der Waals surface area contributed by atoms with Crippen LogP contribution < -0.4 is 5.73 Å². The number of rotatable bonds is 8. The third-order valence-electron chi connectivity index (χ3n) is 2.96. The fourth-order valence-corrected chi connectivity index (χ4v) is 1.87. The summed E-state index contributed by atoms with van der Waals surface area (Å²) < 4.78 is 0. The Bertz CT molecular complexity index is 125. The number of nitrogens with two attached hydrogens (primary N) is 1. The summed E-state index contributed by atoms with van der Waals surface area (Å²) in [5.41, 5.74) is 5.50. The first-order valence-corrected chi connectivity index (χ1v) is 6.02. The lowest BCUT2D eigenvalue weighted by molar-refractivity contribution is 0.209. The van der Waals surface area contributed by atoms with Gasteiger partial charge in [0, 0.05) is 12.6 Å². The Morgan fingerprint density at radius 3 is 2.36 bits per heavy atom. The topological polar surface area (TPSA) is 29.3 Å². The first-order chi connectivity index (χ1) is 6.61. The normalized spacial score (nSPS) is 15.9. The molecule has 14 heavy (non-hydrogen) atoms. The van der Waals surface area contributed by atoms with Crippen molar-refractivity contribution in [3.05, 3.63) is 0 Å². The van der Waals surface area contributed by atoms with Crippen molar-refractivity contribution < 1.29 is 0 Å². The van der Waals surface area contributed by atoms with Crippen molar-refractivity contribution in [2.24, 2.45) is 11.7 Å². The second-order valence-corrected chi connectivity index (χ2v) is 4.61. The molecule has 0 fully saturated rings. The molecule has 2 nitrogen and oxygen atoms in total. The zero-order valence-corrected chi connectivity index (χ0v) is 10.4. The molecule has 0 aromatic heterocycles. The molecule has 0 radical (unpaired) electrons. The van der Waals surface area contributed by atoms with Crippen molar-refractivity contribution in [2.45, 2.75) is 52.5 Å². The minimum Gasteiger partial charge on any atom is -0.330 e. The van der Waals surface area contributed by atoms with Gasteiger partial charge in [0.25, 0.3) is 0 Å². The van der Waals surface area contributed by atoms with Gasteiger partial charge >= 0.3 is 0 Å². The van der Waals surface area contributed by atoms with Gasteiger partial charge in [-0.15, -0.1) is 0 Å². The van der Waals surface area contributed by atoms with E-state index in [0.29, 0.717) is 0 Å². The molecular formula is C12H28N2. The third-order valence-corrected chi connectivity index (χ3v) is 2.96. The van der Waals surface area contributed by atoms with Crippen LogP contribution in [0.1, 0.15) is 46.5 Å². The van der Waals surface area contributed by atoms with Crippen LogP contribution >= 0.6 is 0 Å². The molecule has 86 valence electrons. The molecule has 0 aromatic carbocycles. The van der Waals surface area contributed by atoms with Crippen LogP contribution in [0.25, 0.3) is 0 Å². The predicted molar refractivity (Wildman–Crippen MR) is 64.5 cm³/mol. The number of hydrogen-bond acceptors (Lipinski definition) is 2. The van der Waals surface area contributed by atoms with Crippen LogP contribution in [0.15, 0.2) is 0 Å². The van der Waals surface area contributed by atoms with Gasteiger partial charge in [0.2, 0.25) is 0 Å². The van der Waals surface area contributed by atoms with Crippen molar-refractivity contribution in [1.29, 1.82) is 0 Å². The lowest BCUT2D eigenvalue weighted by atomic mass is 10.0. The van der Waals surface area contributed by atoms with E-state index in [1.807, 2.05) is 0 Å². The molecule has 0 saturated carbocycles. The maximum Gasteiger partial charge on any atom is 0.00638 e. The van der Waals surface area contributed by atoms with Gasteiger partial charge in [-0.05, 0) is 45.7 Å². The largest absolute Gasteiger partial charge is 0.330 e. The summed E-state index contributed by atoms with van der Waals surface area (Å²) >= 11 is 0. The van der Waals surface area contributed by atoms with Gasteiger partial charge in [-0.3, -0.25) is 0 Å². The summed E-state index contributed by atoms with van der Waals surface area (Å²) in [6.07, 6.45) is 5.01. The minimum absolute atomic E-state index is 0.723. The second-order valence-electron chi connectivity index (χ2n) is 4.61. The van der Waals surface area contributed by atoms with Gasteiger partial charge in [0.15, 0.2) is 0 Å². The average Bonchev–Trinajstić information content (AvgIpc) is 2.15. The zero-order valence-electron chi connectivity index (χ0n) is 10.4. The Labute approximate surface area is 89.9 Å². The van der Waals surface area contributed by atoms with Crippen molar-refractivity contribution in [3.63, 3.8) is 0 Å². The Balaban J connectivity index is 3.63. The zero-order chi connectivity index (χ0) is 11.0. The van der Waals surface area contributed by atoms with Crippen LogP contribution in [0.4, 0.5) is 0 Å². The standard InChI is InChI=1S/C12H28N2/c1-5-7-12(3)14(4)10-11(2)8-6-9-13/h11-12H,5-10,13H2,1-4H3. The van der Waals surface area contributed by atoms with E-state index >= 15 is 0 Å². The highest BCUT2D eigenvalue weighted by Gasteiger charge is 2.11. The van der Waals surface area contributed by atoms with E-state index in [4.69, 9.17) is 5.73 Å². The van der Waals surface area contributed by atoms with Gasteiger partial charge in [-0.25, -0.2) is 0 Å². The highest BCUT2D eigenvalue weighted by Crippen LogP contribution is 2.10. The fraction of sp³-hybridized carbons (Fsp3) is 1.00. The first kappa shape index (κ1) is 13.9. The van der Waals surface area contributed by atoms with Gasteiger partial charge in [0.1, 0.15) is 0 Å². The Morgan fingerprint density at radius 1 is 1.21 bits per heavy atom. The molecule has 0 aliphatic carbocycles. The number of hydrogen-bond donors (Lipinski definition) is 1. The molecule has 2 unspecified atom stereocenters. The van der Waals surface area contributed by atoms with E-state index in [-0.39, 0.29) is 0 Å². The van der Waals surface area contributed by atoms with Crippen LogP contribution in [0.5, 0.6) is 0 Å². The molecule has 0 aliphatic rings. The molecule has 0 amide bonds. The predicted octanol–water partition coefficient (Wildman–Crippen LogP) is 2.48. The van der Waals surface area contributed by atoms with Crippen LogP contribution in [-0.4, -0.2) is 31.1 Å². The molecule has 2 heteroatoms. The van der Waals surface area contributed by atoms with E-state index in [2.05, 4.69) is 32.7 Å². The molecule has 0 aromatic rings. The van der Waals surface area contributed by atoms with Crippen molar-refractivity contribution in [1.82, 2.24) is 4.90 Å². The van der Waals surface area contributed by atoms with Crippen LogP contribution in [-0.2, 0) is 0 Å². The molecule has 0 heterocycles. The number of nitrogens with zero attached hydrogens (tertiary/aromatic N) is 1. The second kappa shape index (κ2) is 8.25. The summed E-state index contributed by atoms with van der Waals surface area (Å²) in [7, 11) is 2.24. The van der Waals surface area contributed by atoms with Crippen LogP contribution in [0, 0.1) is 5.92 Å². The summed E-state index contributed by atoms with van der Waals surface area (Å²) in [5.74, 6) is 0.780. The molecule has 0 saturated heterocycles. The summed E-state index contributed by atoms with van der Waals surface area (Å²) in [5, 5.41) is 0. The van der Waals surface area contributed by atoms with Gasteiger partial charge in [-0.1, -0.05) is 20.3 Å². The van der Waals surface area contributed by atoms with Crippen molar-refractivity contribution in [2.75, 3.05) is 20.1 Å². The smallest absolute Gasteiger partial charge is 0.00638 e. The third kappa shape index (κ3) is 6.39. The molecule has 2 atom stereocenters. The first-order valence-electron chi connectivity index (χ1n) is 6.02. The lowest BCUT2D eigenvalue weighted by Gasteiger charge is -2.27. The summed E-state index contributed by atoms with van der Waals surface area (Å²) in [6.45, 7) is 8.94. The van der Waals surface area contributed by atoms with Gasteiger partial charge in [0.05, 0.1) is 0 Å². The highest BCUT2D eigenvalue weighted by atomic mass is 15.1. The molecule has 0 rings (SSSR count). The van der Waals surface area contributed by atoms with E-state index in [0.717, 1.165) is 24.9 Å². The van der Waals surface area contributed by atoms with Crippen LogP contribution in [0.3, 0.4) is 0 Å². The van der Waals surface area contributed by atoms with E-state index in [9.17, 15) is 0 Å². The van der Waals surface area contributed by atoms with Crippen LogP contribution in [0.2, 0.25) is 0 Å². The minimum atomic E-state index is 0.723. The van der Waals surface area contributed by atoms with Crippen molar-refractivity contribution in [3.8, 4) is 0 Å². The quantitative estimate of drug-likeness (QED) is 0.652. The molecule has 0 aliphatic heterocycles. The summed E-state index contributed by atoms with van der Waals surface area (Å²) in [4.78, 5) is 2.48. The highest BCUT2D eigenvalue weighted by molar-refractivity contribution is 4.66. The molecule has 0 bridgehead atoms. The summed E-state index contributed by atoms with van der Waals surface area (Å²) in [6, 6.07) is 0.723. The molecule has 2 N–H and O–H groups in total. The Hall–Kier alpha value is -0.0800. The van der Waals surface area contributed by atoms with Gasteiger partial charge in [-0.2, -0.15) is 0 Å². The maximum absolute atomic E-state index is 5.50. The van der Waals surface area contributed by atoms with Crippen molar-refractivity contribution >= 4 is 0 Å². The molecule has 0 spiro atoms. The van der Waals surface area contributed by atoms with E-state index in [1.54, 1.807) is 0 Å². The molecular weight excluding hydrogens is 172 g/mol. The maximum atomic E-state index is 5.50. The van der Waals surface area contributed by atoms with E-state index in [1.165, 1.54) is 25.8 Å². The average molecular weight is 200 g/mol. The SMILES string of the molecule is CCCC(C)N(C)CC(C)CCCN. The monoisotopic (exact) mass is 200 g/mol. The lowest BCUT2D eigenvalue weighted by Crippen LogP contribution is -2.32. The van der Waals surface area contributed by atoms with Gasteiger partial charge < -0.3 is 10.6 Å².